The van der Waals surface area contributed by atoms with Crippen LogP contribution in [-0.2, 0) is 35.1 Å². The first kappa shape index (κ1) is 36.1. The van der Waals surface area contributed by atoms with Crippen LogP contribution in [0.4, 0.5) is 0 Å². The average molecular weight is 691 g/mol. The zero-order valence-corrected chi connectivity index (χ0v) is 31.4. The molecular formula is C40H48Cl2Zr-2. The molecule has 3 aromatic rings. The fourth-order valence-electron chi connectivity index (χ4n) is 6.50. The van der Waals surface area contributed by atoms with Crippen LogP contribution in [0.1, 0.15) is 116 Å². The van der Waals surface area contributed by atoms with Gasteiger partial charge in [-0.1, -0.05) is 121 Å². The van der Waals surface area contributed by atoms with E-state index in [-0.39, 0.29) is 35.6 Å². The van der Waals surface area contributed by atoms with Gasteiger partial charge in [0.25, 0.3) is 0 Å². The van der Waals surface area contributed by atoms with Crippen LogP contribution in [0.25, 0.3) is 33.7 Å². The third-order valence-corrected chi connectivity index (χ3v) is 10.6. The van der Waals surface area contributed by atoms with Gasteiger partial charge in [0.2, 0.25) is 0 Å². The van der Waals surface area contributed by atoms with Crippen LogP contribution in [0.15, 0.2) is 60.2 Å². The van der Waals surface area contributed by atoms with Crippen LogP contribution in [0.5, 0.6) is 0 Å². The molecule has 0 aliphatic heterocycles. The third kappa shape index (κ3) is 7.88. The average Bonchev–Trinajstić information content (AvgIpc) is 3.68. The molecule has 0 bridgehead atoms. The van der Waals surface area contributed by atoms with Crippen LogP contribution in [0.2, 0.25) is 0 Å². The number of fused-ring (bicyclic) bond motifs is 5. The summed E-state index contributed by atoms with van der Waals surface area (Å²) in [6.45, 7) is 18.1. The molecule has 7 rings (SSSR count). The Balaban J connectivity index is 0.000000212. The molecule has 0 amide bonds. The number of hydrogen-bond donors (Lipinski definition) is 0. The van der Waals surface area contributed by atoms with Gasteiger partial charge >= 0.3 is 59.5 Å². The molecule has 3 aromatic carbocycles. The van der Waals surface area contributed by atoms with Crippen LogP contribution in [0, 0.1) is 17.4 Å². The quantitative estimate of drug-likeness (QED) is 0.302. The van der Waals surface area contributed by atoms with Gasteiger partial charge in [0.05, 0.1) is 0 Å². The Morgan fingerprint density at radius 1 is 0.814 bits per heavy atom. The zero-order chi connectivity index (χ0) is 29.6. The number of halogens is 2. The van der Waals surface area contributed by atoms with Gasteiger partial charge in [-0.15, -0.1) is 39.7 Å². The Kier molecular flexibility index (Phi) is 11.7. The van der Waals surface area contributed by atoms with E-state index in [1.807, 2.05) is 0 Å². The second-order valence-electron chi connectivity index (χ2n) is 14.7. The van der Waals surface area contributed by atoms with E-state index >= 15 is 0 Å². The molecule has 4 aliphatic rings. The van der Waals surface area contributed by atoms with E-state index in [0.29, 0.717) is 11.3 Å². The first-order valence-electron chi connectivity index (χ1n) is 15.8. The summed E-state index contributed by atoms with van der Waals surface area (Å²) in [5.41, 5.74) is 7.71. The van der Waals surface area contributed by atoms with Crippen LogP contribution in [0.3, 0.4) is 0 Å². The Hall–Kier alpha value is -1.40. The maximum absolute atomic E-state index is 3.35. The molecule has 4 aliphatic carbocycles. The van der Waals surface area contributed by atoms with Gasteiger partial charge in [0.15, 0.2) is 0 Å². The number of benzene rings is 2. The molecule has 0 radical (unpaired) electrons. The van der Waals surface area contributed by atoms with Gasteiger partial charge < -0.3 is 24.8 Å². The van der Waals surface area contributed by atoms with Crippen LogP contribution < -0.4 is 24.8 Å². The number of hydrogen-bond acceptors (Lipinski definition) is 0. The fraction of sp³-hybridized carbons (Fsp3) is 0.450. The standard InChI is InChI=1S/C23H21.C11H17.C6H10.2ClH.Zr/c1-22(2)7-5-14-10-18-16(12-20(14)22)9-17-13-21-15(11-19(17)18)6-8-23(21,3)4;1-5-9-6-7-10(8-9)11(2,3)4;1-2-4-6-5-3-1;;;/h5-13H,1-4H3;7-9H,5H2,1-4H3;1-5H2;2*1H;/q2*-1;;;;+2/p-2. The predicted octanol–water partition coefficient (Wildman–Crippen LogP) is 5.36. The minimum atomic E-state index is 0. The first-order valence-corrected chi connectivity index (χ1v) is 17.0. The fourth-order valence-corrected chi connectivity index (χ4v) is 7.37. The van der Waals surface area contributed by atoms with Crippen molar-refractivity contribution in [2.24, 2.45) is 11.3 Å². The maximum atomic E-state index is 3.35. The van der Waals surface area contributed by atoms with Gasteiger partial charge in [-0.25, -0.2) is 6.08 Å². The summed E-state index contributed by atoms with van der Waals surface area (Å²) in [5, 5.41) is 5.53. The molecule has 1 saturated carbocycles. The van der Waals surface area contributed by atoms with Crippen molar-refractivity contribution in [1.82, 2.24) is 0 Å². The molecule has 43 heavy (non-hydrogen) atoms. The summed E-state index contributed by atoms with van der Waals surface area (Å²) in [6, 6.07) is 11.9. The van der Waals surface area contributed by atoms with Crippen LogP contribution in [-0.4, -0.2) is 3.21 Å². The Morgan fingerprint density at radius 3 is 1.65 bits per heavy atom. The number of allylic oxidation sites excluding steroid dienone is 6. The monoisotopic (exact) mass is 688 g/mol. The van der Waals surface area contributed by atoms with Crippen molar-refractivity contribution in [2.75, 3.05) is 0 Å². The molecular weight excluding hydrogens is 643 g/mol. The van der Waals surface area contributed by atoms with Gasteiger partial charge in [-0.05, 0) is 11.1 Å². The molecule has 228 valence electrons. The van der Waals surface area contributed by atoms with E-state index in [0.717, 1.165) is 0 Å². The summed E-state index contributed by atoms with van der Waals surface area (Å²) in [5.74, 6) is 0.573. The Morgan fingerprint density at radius 2 is 1.30 bits per heavy atom. The summed E-state index contributed by atoms with van der Waals surface area (Å²) in [4.78, 5) is 0. The normalized spacial score (nSPS) is 20.4. The SMILES string of the molecule is CC1(C)C=Cc2cc3c(cc21)[cH-]c1cc2c(cc13)C=CC2(C)C.CCC1[C-]=CC(C(C)(C)C)=C1.[Cl-].[Cl-].[Zr+2]=[C]1CCCCC1. The molecule has 0 N–H and O–H groups in total. The topological polar surface area (TPSA) is 0 Å². The molecule has 0 nitrogen and oxygen atoms in total. The van der Waals surface area contributed by atoms with Gasteiger partial charge in [-0.2, -0.15) is 11.6 Å². The van der Waals surface area contributed by atoms with Crippen LogP contribution >= 0.6 is 0 Å². The molecule has 1 atom stereocenters. The van der Waals surface area contributed by atoms with E-state index in [2.05, 4.69) is 128 Å². The summed E-state index contributed by atoms with van der Waals surface area (Å²) >= 11 is 1.69. The predicted molar refractivity (Wildman–Crippen MR) is 178 cm³/mol. The summed E-state index contributed by atoms with van der Waals surface area (Å²) in [6.07, 6.45) is 25.5. The van der Waals surface area contributed by atoms with Crippen molar-refractivity contribution in [3.63, 3.8) is 0 Å². The molecule has 3 heteroatoms. The van der Waals surface area contributed by atoms with E-state index in [9.17, 15) is 0 Å². The van der Waals surface area contributed by atoms with E-state index in [1.54, 1.807) is 27.4 Å². The van der Waals surface area contributed by atoms with E-state index < -0.39 is 0 Å². The first-order chi connectivity index (χ1) is 19.3. The Bertz CT molecular complexity index is 1500. The molecule has 1 fully saturated rings. The van der Waals surface area contributed by atoms with Crippen molar-refractivity contribution in [3.8, 4) is 0 Å². The van der Waals surface area contributed by atoms with E-state index in [1.165, 1.54) is 87.9 Å². The molecule has 0 aromatic heterocycles. The molecule has 1 unspecified atom stereocenters. The number of rotatable bonds is 1. The zero-order valence-electron chi connectivity index (χ0n) is 27.4. The van der Waals surface area contributed by atoms with Gasteiger partial charge in [0, 0.05) is 10.8 Å². The van der Waals surface area contributed by atoms with Gasteiger partial charge in [-0.3, -0.25) is 6.08 Å². The Labute approximate surface area is 288 Å². The van der Waals surface area contributed by atoms with Crippen molar-refractivity contribution < 1.29 is 49.0 Å². The summed E-state index contributed by atoms with van der Waals surface area (Å²) < 4.78 is 1.80. The molecule has 0 spiro atoms. The second kappa shape index (κ2) is 13.9. The van der Waals surface area contributed by atoms with E-state index in [4.69, 9.17) is 0 Å². The van der Waals surface area contributed by atoms with Crippen molar-refractivity contribution in [1.29, 1.82) is 0 Å². The minimum absolute atomic E-state index is 0. The van der Waals surface area contributed by atoms with Crippen molar-refractivity contribution in [2.45, 2.75) is 105 Å². The van der Waals surface area contributed by atoms with Crippen molar-refractivity contribution >= 4 is 36.9 Å². The van der Waals surface area contributed by atoms with Gasteiger partial charge in [0.1, 0.15) is 0 Å². The second-order valence-corrected chi connectivity index (χ2v) is 16.4. The third-order valence-electron chi connectivity index (χ3n) is 9.39. The molecule has 0 saturated heterocycles. The summed E-state index contributed by atoms with van der Waals surface area (Å²) in [7, 11) is 0. The van der Waals surface area contributed by atoms with Crippen molar-refractivity contribution in [3.05, 3.63) is 88.5 Å². The molecule has 0 heterocycles.